The second kappa shape index (κ2) is 2.90. The van der Waals surface area contributed by atoms with Crippen LogP contribution in [0.15, 0.2) is 12.2 Å². The average Bonchev–Trinajstić information content (AvgIpc) is 2.05. The van der Waals surface area contributed by atoms with Crippen LogP contribution in [0, 0.1) is 0 Å². The molecule has 0 bridgehead atoms. The molecule has 1 amide bonds. The third kappa shape index (κ3) is 1.37. The quantitative estimate of drug-likeness (QED) is 0.539. The van der Waals surface area contributed by atoms with Gasteiger partial charge in [-0.3, -0.25) is 4.79 Å². The van der Waals surface area contributed by atoms with Crippen molar-refractivity contribution in [2.75, 3.05) is 13.1 Å². The van der Waals surface area contributed by atoms with E-state index >= 15 is 0 Å². The second-order valence-electron chi connectivity index (χ2n) is 3.63. The molecule has 0 unspecified atom stereocenters. The van der Waals surface area contributed by atoms with E-state index < -0.39 is 0 Å². The summed E-state index contributed by atoms with van der Waals surface area (Å²) >= 11 is 0. The largest absolute Gasteiger partial charge is 0.347 e. The van der Waals surface area contributed by atoms with Crippen LogP contribution in [-0.4, -0.2) is 24.5 Å². The minimum absolute atomic E-state index is 0.0724. The summed E-state index contributed by atoms with van der Waals surface area (Å²) in [7, 11) is 0. The van der Waals surface area contributed by atoms with Crippen LogP contribution in [0.4, 0.5) is 0 Å². The molecule has 1 saturated heterocycles. The highest BCUT2D eigenvalue weighted by atomic mass is 16.1. The van der Waals surface area contributed by atoms with E-state index in [1.807, 2.05) is 6.08 Å². The van der Waals surface area contributed by atoms with E-state index in [0.717, 1.165) is 32.4 Å². The van der Waals surface area contributed by atoms with Gasteiger partial charge in [0.05, 0.1) is 0 Å². The maximum Gasteiger partial charge on any atom is 0.244 e. The standard InChI is InChI=1S/C9H14N2O/c12-8-2-1-3-9(11-8)4-6-10-7-5-9/h1-2,10H,3-7H2,(H,11,12). The Morgan fingerprint density at radius 3 is 2.75 bits per heavy atom. The third-order valence-corrected chi connectivity index (χ3v) is 2.73. The van der Waals surface area contributed by atoms with Gasteiger partial charge in [0.1, 0.15) is 0 Å². The van der Waals surface area contributed by atoms with Crippen LogP contribution in [-0.2, 0) is 4.79 Å². The van der Waals surface area contributed by atoms with Gasteiger partial charge in [0.2, 0.25) is 5.91 Å². The Kier molecular flexibility index (Phi) is 1.89. The summed E-state index contributed by atoms with van der Waals surface area (Å²) in [6, 6.07) is 0. The highest BCUT2D eigenvalue weighted by Gasteiger charge is 2.33. The Balaban J connectivity index is 2.09. The van der Waals surface area contributed by atoms with Crippen LogP contribution in [0.1, 0.15) is 19.3 Å². The zero-order valence-electron chi connectivity index (χ0n) is 7.10. The Morgan fingerprint density at radius 2 is 2.08 bits per heavy atom. The predicted octanol–water partition coefficient (Wildman–Crippen LogP) is 0.185. The molecule has 2 aliphatic rings. The predicted molar refractivity (Wildman–Crippen MR) is 46.7 cm³/mol. The minimum Gasteiger partial charge on any atom is -0.347 e. The van der Waals surface area contributed by atoms with Crippen molar-refractivity contribution in [3.05, 3.63) is 12.2 Å². The van der Waals surface area contributed by atoms with Crippen LogP contribution in [0.2, 0.25) is 0 Å². The molecule has 0 radical (unpaired) electrons. The van der Waals surface area contributed by atoms with Crippen molar-refractivity contribution in [2.24, 2.45) is 0 Å². The number of piperidine rings is 1. The molecule has 0 aromatic rings. The van der Waals surface area contributed by atoms with Crippen molar-refractivity contribution < 1.29 is 4.79 Å². The van der Waals surface area contributed by atoms with Gasteiger partial charge in [-0.15, -0.1) is 0 Å². The monoisotopic (exact) mass is 166 g/mol. The van der Waals surface area contributed by atoms with Gasteiger partial charge in [0.15, 0.2) is 0 Å². The second-order valence-corrected chi connectivity index (χ2v) is 3.63. The van der Waals surface area contributed by atoms with Crippen molar-refractivity contribution >= 4 is 5.91 Å². The van der Waals surface area contributed by atoms with Crippen molar-refractivity contribution in [2.45, 2.75) is 24.8 Å². The Hall–Kier alpha value is -0.830. The number of hydrogen-bond acceptors (Lipinski definition) is 2. The lowest BCUT2D eigenvalue weighted by Crippen LogP contribution is -2.55. The lowest BCUT2D eigenvalue weighted by atomic mass is 9.83. The number of rotatable bonds is 0. The molecule has 2 heterocycles. The molecular formula is C9H14N2O. The topological polar surface area (TPSA) is 41.1 Å². The van der Waals surface area contributed by atoms with Gasteiger partial charge in [-0.1, -0.05) is 6.08 Å². The lowest BCUT2D eigenvalue weighted by molar-refractivity contribution is -0.119. The first-order chi connectivity index (χ1) is 5.81. The van der Waals surface area contributed by atoms with Crippen molar-refractivity contribution in [1.29, 1.82) is 0 Å². The molecule has 1 fully saturated rings. The average molecular weight is 166 g/mol. The lowest BCUT2D eigenvalue weighted by Gasteiger charge is -2.39. The fourth-order valence-corrected chi connectivity index (χ4v) is 1.98. The first kappa shape index (κ1) is 7.80. The Bertz CT molecular complexity index is 217. The highest BCUT2D eigenvalue weighted by Crippen LogP contribution is 2.24. The van der Waals surface area contributed by atoms with Gasteiger partial charge in [-0.25, -0.2) is 0 Å². The number of hydrogen-bond donors (Lipinski definition) is 2. The number of carbonyl (C=O) groups is 1. The summed E-state index contributed by atoms with van der Waals surface area (Å²) in [6.45, 7) is 2.04. The van der Waals surface area contributed by atoms with Crippen LogP contribution in [0.5, 0.6) is 0 Å². The molecule has 3 nitrogen and oxygen atoms in total. The summed E-state index contributed by atoms with van der Waals surface area (Å²) in [4.78, 5) is 11.1. The summed E-state index contributed by atoms with van der Waals surface area (Å²) in [5, 5.41) is 6.36. The normalized spacial score (nSPS) is 27.2. The van der Waals surface area contributed by atoms with E-state index in [1.54, 1.807) is 6.08 Å². The molecule has 0 aromatic carbocycles. The van der Waals surface area contributed by atoms with Crippen molar-refractivity contribution in [1.82, 2.24) is 10.6 Å². The summed E-state index contributed by atoms with van der Waals surface area (Å²) in [6.07, 6.45) is 6.74. The summed E-state index contributed by atoms with van der Waals surface area (Å²) in [5.74, 6) is 0.0724. The molecule has 0 aliphatic carbocycles. The van der Waals surface area contributed by atoms with E-state index in [4.69, 9.17) is 0 Å². The molecule has 0 aromatic heterocycles. The van der Waals surface area contributed by atoms with Crippen LogP contribution in [0.25, 0.3) is 0 Å². The molecule has 0 saturated carbocycles. The molecule has 2 N–H and O–H groups in total. The fraction of sp³-hybridized carbons (Fsp3) is 0.667. The van der Waals surface area contributed by atoms with Crippen LogP contribution in [0.3, 0.4) is 0 Å². The number of amides is 1. The van der Waals surface area contributed by atoms with Gasteiger partial charge in [-0.05, 0) is 38.4 Å². The molecule has 66 valence electrons. The van der Waals surface area contributed by atoms with Crippen LogP contribution >= 0.6 is 0 Å². The maximum atomic E-state index is 11.1. The number of nitrogens with one attached hydrogen (secondary N) is 2. The molecule has 3 heteroatoms. The third-order valence-electron chi connectivity index (χ3n) is 2.73. The zero-order valence-corrected chi connectivity index (χ0v) is 7.10. The van der Waals surface area contributed by atoms with E-state index in [0.29, 0.717) is 0 Å². The van der Waals surface area contributed by atoms with E-state index in [2.05, 4.69) is 10.6 Å². The Morgan fingerprint density at radius 1 is 1.33 bits per heavy atom. The van der Waals surface area contributed by atoms with Gasteiger partial charge < -0.3 is 10.6 Å². The first-order valence-electron chi connectivity index (χ1n) is 4.50. The first-order valence-corrected chi connectivity index (χ1v) is 4.50. The van der Waals surface area contributed by atoms with E-state index in [-0.39, 0.29) is 11.4 Å². The molecule has 2 aliphatic heterocycles. The van der Waals surface area contributed by atoms with Gasteiger partial charge >= 0.3 is 0 Å². The molecular weight excluding hydrogens is 152 g/mol. The van der Waals surface area contributed by atoms with Crippen molar-refractivity contribution in [3.63, 3.8) is 0 Å². The molecule has 1 spiro atoms. The van der Waals surface area contributed by atoms with Gasteiger partial charge in [0.25, 0.3) is 0 Å². The minimum atomic E-state index is 0.0724. The van der Waals surface area contributed by atoms with E-state index in [1.165, 1.54) is 0 Å². The van der Waals surface area contributed by atoms with Gasteiger partial charge in [0, 0.05) is 5.54 Å². The summed E-state index contributed by atoms with van der Waals surface area (Å²) < 4.78 is 0. The zero-order chi connectivity index (χ0) is 8.44. The SMILES string of the molecule is O=C1C=CCC2(CCNCC2)N1. The van der Waals surface area contributed by atoms with Crippen LogP contribution < -0.4 is 10.6 Å². The van der Waals surface area contributed by atoms with E-state index in [9.17, 15) is 4.79 Å². The Labute approximate surface area is 72.2 Å². The highest BCUT2D eigenvalue weighted by molar-refractivity contribution is 5.89. The smallest absolute Gasteiger partial charge is 0.244 e. The molecule has 2 rings (SSSR count). The maximum absolute atomic E-state index is 11.1. The molecule has 0 atom stereocenters. The molecule has 12 heavy (non-hydrogen) atoms. The van der Waals surface area contributed by atoms with Gasteiger partial charge in [-0.2, -0.15) is 0 Å². The summed E-state index contributed by atoms with van der Waals surface area (Å²) in [5.41, 5.74) is 0.0804. The fourth-order valence-electron chi connectivity index (χ4n) is 1.98. The van der Waals surface area contributed by atoms with Crippen molar-refractivity contribution in [3.8, 4) is 0 Å². The number of carbonyl (C=O) groups excluding carboxylic acids is 1.